The number of rotatable bonds is 6. The Labute approximate surface area is 387 Å². The highest BCUT2D eigenvalue weighted by Crippen LogP contribution is 2.57. The molecule has 0 unspecified atom stereocenters. The molecule has 316 valence electrons. The summed E-state index contributed by atoms with van der Waals surface area (Å²) in [6.45, 7) is 4.77. The van der Waals surface area contributed by atoms with Crippen molar-refractivity contribution in [3.05, 3.63) is 230 Å². The average molecular weight is 859 g/mol. The highest BCUT2D eigenvalue weighted by Gasteiger charge is 2.39. The number of furan rings is 2. The van der Waals surface area contributed by atoms with E-state index in [4.69, 9.17) is 8.83 Å². The molecule has 11 aromatic carbocycles. The zero-order chi connectivity index (χ0) is 44.4. The molecule has 0 saturated heterocycles. The van der Waals surface area contributed by atoms with Crippen LogP contribution in [0, 0.1) is 0 Å². The molecule has 1 aliphatic rings. The van der Waals surface area contributed by atoms with Crippen LogP contribution in [0.4, 0.5) is 34.1 Å². The van der Waals surface area contributed by atoms with Crippen LogP contribution in [0.1, 0.15) is 25.0 Å². The van der Waals surface area contributed by atoms with E-state index >= 15 is 0 Å². The summed E-state index contributed by atoms with van der Waals surface area (Å²) in [5.41, 5.74) is 14.6. The molecule has 1 aliphatic carbocycles. The van der Waals surface area contributed by atoms with E-state index in [1.54, 1.807) is 0 Å². The Morgan fingerprint density at radius 2 is 0.791 bits per heavy atom. The number of hydrogen-bond donors (Lipinski definition) is 0. The third-order valence-corrected chi connectivity index (χ3v) is 14.4. The molecule has 0 fully saturated rings. The first kappa shape index (κ1) is 37.7. The third kappa shape index (κ3) is 5.47. The number of nitrogens with zero attached hydrogens (tertiary/aromatic N) is 2. The number of benzene rings is 11. The largest absolute Gasteiger partial charge is 0.453 e. The summed E-state index contributed by atoms with van der Waals surface area (Å²) in [6.07, 6.45) is 0. The van der Waals surface area contributed by atoms with Crippen LogP contribution in [0.25, 0.3) is 87.3 Å². The number of para-hydroxylation sites is 4. The quantitative estimate of drug-likeness (QED) is 0.167. The van der Waals surface area contributed by atoms with E-state index in [0.29, 0.717) is 0 Å². The molecule has 0 bridgehead atoms. The van der Waals surface area contributed by atoms with Gasteiger partial charge >= 0.3 is 0 Å². The van der Waals surface area contributed by atoms with Crippen LogP contribution in [-0.2, 0) is 5.41 Å². The predicted molar refractivity (Wildman–Crippen MR) is 280 cm³/mol. The summed E-state index contributed by atoms with van der Waals surface area (Å²) in [5.74, 6) is 0. The smallest absolute Gasteiger partial charge is 0.159 e. The van der Waals surface area contributed by atoms with E-state index < -0.39 is 0 Å². The van der Waals surface area contributed by atoms with E-state index in [1.807, 2.05) is 0 Å². The van der Waals surface area contributed by atoms with Gasteiger partial charge < -0.3 is 18.6 Å². The van der Waals surface area contributed by atoms with Crippen LogP contribution >= 0.6 is 0 Å². The summed E-state index contributed by atoms with van der Waals surface area (Å²) < 4.78 is 14.0. The summed E-state index contributed by atoms with van der Waals surface area (Å²) in [4.78, 5) is 4.78. The molecule has 0 saturated carbocycles. The standard InChI is InChI=1S/C63H42N2O2/c1-63(2)53-37-43(64(41-19-5-3-6-20-41)55-29-15-27-48-50-34-31-39-17-9-11-23-44(39)59(50)66-61(48)55)33-36-52(53)58-47-26-14-13-25-46(47)57(38-54(58)63)65(42-21-7-4-8-22-42)56-30-16-28-49-51-35-32-40-18-10-12-24-45(40)60(51)67-62(49)56/h3-38H,1-2H3. The molecule has 4 heteroatoms. The molecule has 0 atom stereocenters. The number of fused-ring (bicyclic) bond motifs is 15. The Bertz CT molecular complexity index is 4140. The molecule has 2 heterocycles. The van der Waals surface area contributed by atoms with Crippen molar-refractivity contribution in [2.24, 2.45) is 0 Å². The highest BCUT2D eigenvalue weighted by atomic mass is 16.3. The lowest BCUT2D eigenvalue weighted by Crippen LogP contribution is -2.18. The van der Waals surface area contributed by atoms with Gasteiger partial charge in [0.2, 0.25) is 0 Å². The second-order valence-electron chi connectivity index (χ2n) is 18.4. The van der Waals surface area contributed by atoms with Crippen molar-refractivity contribution in [2.75, 3.05) is 9.80 Å². The van der Waals surface area contributed by atoms with E-state index in [0.717, 1.165) is 94.2 Å². The van der Waals surface area contributed by atoms with Crippen molar-refractivity contribution < 1.29 is 8.83 Å². The van der Waals surface area contributed by atoms with Crippen LogP contribution in [0.2, 0.25) is 0 Å². The van der Waals surface area contributed by atoms with Gasteiger partial charge in [-0.1, -0.05) is 166 Å². The van der Waals surface area contributed by atoms with Gasteiger partial charge in [-0.15, -0.1) is 0 Å². The van der Waals surface area contributed by atoms with Gasteiger partial charge in [0.1, 0.15) is 11.2 Å². The molecule has 0 spiro atoms. The maximum Gasteiger partial charge on any atom is 0.159 e. The van der Waals surface area contributed by atoms with Gasteiger partial charge in [-0.3, -0.25) is 0 Å². The van der Waals surface area contributed by atoms with E-state index in [1.165, 1.54) is 38.4 Å². The maximum atomic E-state index is 7.04. The second kappa shape index (κ2) is 14.2. The van der Waals surface area contributed by atoms with Gasteiger partial charge in [-0.25, -0.2) is 0 Å². The van der Waals surface area contributed by atoms with Gasteiger partial charge in [0.15, 0.2) is 11.2 Å². The lowest BCUT2D eigenvalue weighted by molar-refractivity contribution is 0.660. The first-order valence-corrected chi connectivity index (χ1v) is 23.1. The summed E-state index contributed by atoms with van der Waals surface area (Å²) in [6, 6.07) is 78.7. The number of anilines is 6. The maximum absolute atomic E-state index is 7.04. The Kier molecular flexibility index (Phi) is 8.00. The fourth-order valence-electron chi connectivity index (χ4n) is 11.2. The Hall–Kier alpha value is -8.60. The molecule has 67 heavy (non-hydrogen) atoms. The minimum absolute atomic E-state index is 0.362. The van der Waals surface area contributed by atoms with Crippen molar-refractivity contribution >= 4 is 110 Å². The van der Waals surface area contributed by atoms with E-state index in [-0.39, 0.29) is 5.41 Å². The number of hydrogen-bond acceptors (Lipinski definition) is 4. The SMILES string of the molecule is CC1(C)c2cc(N(c3ccccc3)c3cccc4c3oc3c5ccccc5ccc43)ccc2-c2c1cc(N(c1ccccc1)c1cccc3c1oc1c4ccccc4ccc31)c1ccccc21. The molecule has 2 aromatic heterocycles. The minimum Gasteiger partial charge on any atom is -0.453 e. The fraction of sp³-hybridized carbons (Fsp3) is 0.0476. The Morgan fingerprint density at radius 1 is 0.313 bits per heavy atom. The van der Waals surface area contributed by atoms with Gasteiger partial charge in [-0.05, 0) is 105 Å². The molecule has 4 nitrogen and oxygen atoms in total. The zero-order valence-corrected chi connectivity index (χ0v) is 37.0. The monoisotopic (exact) mass is 858 g/mol. The van der Waals surface area contributed by atoms with Crippen LogP contribution in [-0.4, -0.2) is 0 Å². The molecule has 0 N–H and O–H groups in total. The summed E-state index contributed by atoms with van der Waals surface area (Å²) in [7, 11) is 0. The second-order valence-corrected chi connectivity index (χ2v) is 18.4. The molecule has 13 aromatic rings. The zero-order valence-electron chi connectivity index (χ0n) is 37.0. The van der Waals surface area contributed by atoms with Crippen LogP contribution in [0.5, 0.6) is 0 Å². The predicted octanol–water partition coefficient (Wildman–Crippen LogP) is 18.2. The lowest BCUT2D eigenvalue weighted by Gasteiger charge is -2.30. The molecular weight excluding hydrogens is 817 g/mol. The molecule has 0 amide bonds. The molecule has 0 radical (unpaired) electrons. The summed E-state index contributed by atoms with van der Waals surface area (Å²) >= 11 is 0. The van der Waals surface area contributed by atoms with Crippen molar-refractivity contribution in [1.82, 2.24) is 0 Å². The van der Waals surface area contributed by atoms with E-state index in [9.17, 15) is 0 Å². The van der Waals surface area contributed by atoms with Gasteiger partial charge in [0, 0.05) is 60.2 Å². The Balaban J connectivity index is 0.973. The molecular formula is C63H42N2O2. The van der Waals surface area contributed by atoms with Crippen molar-refractivity contribution in [3.63, 3.8) is 0 Å². The van der Waals surface area contributed by atoms with Gasteiger partial charge in [0.05, 0.1) is 17.1 Å². The van der Waals surface area contributed by atoms with Gasteiger partial charge in [-0.2, -0.15) is 0 Å². The highest BCUT2D eigenvalue weighted by molar-refractivity contribution is 6.20. The van der Waals surface area contributed by atoms with Gasteiger partial charge in [0.25, 0.3) is 0 Å². The molecule has 0 aliphatic heterocycles. The van der Waals surface area contributed by atoms with Crippen LogP contribution in [0.3, 0.4) is 0 Å². The lowest BCUT2D eigenvalue weighted by atomic mass is 9.81. The summed E-state index contributed by atoms with van der Waals surface area (Å²) in [5, 5.41) is 11.4. The first-order chi connectivity index (χ1) is 33.0. The third-order valence-electron chi connectivity index (χ3n) is 14.4. The van der Waals surface area contributed by atoms with E-state index in [2.05, 4.69) is 242 Å². The topological polar surface area (TPSA) is 32.8 Å². The van der Waals surface area contributed by atoms with Crippen molar-refractivity contribution in [2.45, 2.75) is 19.3 Å². The van der Waals surface area contributed by atoms with Crippen molar-refractivity contribution in [1.29, 1.82) is 0 Å². The first-order valence-electron chi connectivity index (χ1n) is 23.1. The average Bonchev–Trinajstić information content (AvgIpc) is 4.04. The van der Waals surface area contributed by atoms with Crippen LogP contribution < -0.4 is 9.80 Å². The van der Waals surface area contributed by atoms with Crippen LogP contribution in [0.15, 0.2) is 227 Å². The minimum atomic E-state index is -0.362. The Morgan fingerprint density at radius 3 is 1.39 bits per heavy atom. The normalized spacial score (nSPS) is 13.0. The van der Waals surface area contributed by atoms with Crippen molar-refractivity contribution in [3.8, 4) is 11.1 Å². The molecule has 14 rings (SSSR count). The fourth-order valence-corrected chi connectivity index (χ4v) is 11.2.